The normalized spacial score (nSPS) is 18.4. The van der Waals surface area contributed by atoms with Crippen molar-refractivity contribution in [1.82, 2.24) is 13.9 Å². The molecule has 2 aliphatic rings. The lowest BCUT2D eigenvalue weighted by Gasteiger charge is -2.30. The van der Waals surface area contributed by atoms with Crippen LogP contribution >= 0.6 is 0 Å². The summed E-state index contributed by atoms with van der Waals surface area (Å²) in [6, 6.07) is 7.58. The third kappa shape index (κ3) is 9.64. The van der Waals surface area contributed by atoms with Gasteiger partial charge in [0.25, 0.3) is 10.2 Å². The lowest BCUT2D eigenvalue weighted by molar-refractivity contribution is 0.198. The second-order valence-electron chi connectivity index (χ2n) is 10.1. The Balaban J connectivity index is 1.50. The lowest BCUT2D eigenvalue weighted by atomic mass is 9.89. The maximum Gasteiger partial charge on any atom is 0.279 e. The monoisotopic (exact) mass is 528 g/mol. The van der Waals surface area contributed by atoms with E-state index in [2.05, 4.69) is 9.62 Å². The summed E-state index contributed by atoms with van der Waals surface area (Å²) in [7, 11) is -6.09. The van der Waals surface area contributed by atoms with E-state index in [-0.39, 0.29) is 0 Å². The van der Waals surface area contributed by atoms with Crippen molar-refractivity contribution in [1.29, 1.82) is 0 Å². The molecule has 0 aromatic heterocycles. The summed E-state index contributed by atoms with van der Waals surface area (Å²) >= 11 is 0. The van der Waals surface area contributed by atoms with Crippen LogP contribution in [-0.4, -0.2) is 71.9 Å². The van der Waals surface area contributed by atoms with Crippen LogP contribution in [0.3, 0.4) is 0 Å². The largest absolute Gasteiger partial charge is 0.303 e. The zero-order chi connectivity index (χ0) is 25.1. The molecule has 1 saturated carbocycles. The molecular formula is C25H44N4O4S2. The molecule has 1 aromatic carbocycles. The first-order chi connectivity index (χ1) is 16.8. The highest BCUT2D eigenvalue weighted by atomic mass is 32.2. The van der Waals surface area contributed by atoms with Crippen LogP contribution in [0.5, 0.6) is 0 Å². The van der Waals surface area contributed by atoms with Gasteiger partial charge >= 0.3 is 0 Å². The SMILES string of the molecule is Cc1ccc(N(CCCN(CCCNS(=O)(=O)N2CCCCC2)CC2CCCCC2)[SH](=O)=O)cc1. The fourth-order valence-corrected chi connectivity index (χ4v) is 7.15. The van der Waals surface area contributed by atoms with E-state index >= 15 is 0 Å². The van der Waals surface area contributed by atoms with Crippen LogP contribution in [0, 0.1) is 12.8 Å². The van der Waals surface area contributed by atoms with Crippen molar-refractivity contribution in [3.8, 4) is 0 Å². The predicted molar refractivity (Wildman–Crippen MR) is 143 cm³/mol. The minimum absolute atomic E-state index is 0.432. The topological polar surface area (TPSA) is 90.0 Å². The molecule has 35 heavy (non-hydrogen) atoms. The minimum atomic E-state index is -3.39. The molecule has 10 heteroatoms. The molecule has 200 valence electrons. The molecule has 0 bridgehead atoms. The summed E-state index contributed by atoms with van der Waals surface area (Å²) in [6.07, 6.45) is 10.8. The number of nitrogens with one attached hydrogen (secondary N) is 1. The van der Waals surface area contributed by atoms with Crippen molar-refractivity contribution in [2.24, 2.45) is 5.92 Å². The molecule has 0 radical (unpaired) electrons. The zero-order valence-electron chi connectivity index (χ0n) is 21.2. The van der Waals surface area contributed by atoms with Gasteiger partial charge in [-0.25, -0.2) is 13.1 Å². The minimum Gasteiger partial charge on any atom is -0.303 e. The maximum absolute atomic E-state index is 12.6. The fourth-order valence-electron chi connectivity index (χ4n) is 5.20. The number of hydrogen-bond acceptors (Lipinski definition) is 5. The molecule has 2 fully saturated rings. The van der Waals surface area contributed by atoms with Crippen molar-refractivity contribution in [3.05, 3.63) is 29.8 Å². The highest BCUT2D eigenvalue weighted by molar-refractivity contribution is 7.87. The van der Waals surface area contributed by atoms with Gasteiger partial charge in [-0.05, 0) is 76.6 Å². The van der Waals surface area contributed by atoms with Gasteiger partial charge in [-0.3, -0.25) is 4.31 Å². The molecule has 0 spiro atoms. The van der Waals surface area contributed by atoms with E-state index in [0.29, 0.717) is 37.8 Å². The van der Waals surface area contributed by atoms with Gasteiger partial charge in [-0.2, -0.15) is 12.7 Å². The third-order valence-electron chi connectivity index (χ3n) is 7.21. The summed E-state index contributed by atoms with van der Waals surface area (Å²) in [6.45, 7) is 6.72. The number of nitrogens with zero attached hydrogens (tertiary/aromatic N) is 3. The van der Waals surface area contributed by atoms with E-state index < -0.39 is 21.1 Å². The Kier molecular flexibility index (Phi) is 11.8. The molecule has 1 N–H and O–H groups in total. The zero-order valence-corrected chi connectivity index (χ0v) is 22.9. The molecule has 1 saturated heterocycles. The van der Waals surface area contributed by atoms with Crippen molar-refractivity contribution in [2.75, 3.05) is 50.1 Å². The van der Waals surface area contributed by atoms with Crippen LogP contribution in [0.4, 0.5) is 5.69 Å². The van der Waals surface area contributed by atoms with Crippen LogP contribution in [0.25, 0.3) is 0 Å². The standard InChI is InChI=1S/C25H44N4O4S2/c1-23-12-14-25(15-13-23)29(34(30)31)21-9-18-27(22-24-10-4-2-5-11-24)17-8-16-26-35(32,33)28-19-6-3-7-20-28/h12-15,24,26,34H,2-11,16-22H2,1H3. The lowest BCUT2D eigenvalue weighted by Crippen LogP contribution is -2.44. The van der Waals surface area contributed by atoms with Crippen molar-refractivity contribution in [3.63, 3.8) is 0 Å². The van der Waals surface area contributed by atoms with Crippen LogP contribution in [-0.2, 0) is 21.1 Å². The van der Waals surface area contributed by atoms with E-state index in [1.165, 1.54) is 36.4 Å². The Morgan fingerprint density at radius 3 is 2.20 bits per heavy atom. The molecule has 8 nitrogen and oxygen atoms in total. The van der Waals surface area contributed by atoms with Crippen molar-refractivity contribution in [2.45, 2.75) is 71.1 Å². The van der Waals surface area contributed by atoms with E-state index in [0.717, 1.165) is 57.3 Å². The number of benzene rings is 1. The van der Waals surface area contributed by atoms with Crippen LogP contribution in [0.15, 0.2) is 24.3 Å². The second kappa shape index (κ2) is 14.5. The summed E-state index contributed by atoms with van der Waals surface area (Å²) in [4.78, 5) is 2.41. The summed E-state index contributed by atoms with van der Waals surface area (Å²) < 4.78 is 54.7. The number of aryl methyl sites for hydroxylation is 1. The summed E-state index contributed by atoms with van der Waals surface area (Å²) in [5.74, 6) is 0.679. The van der Waals surface area contributed by atoms with Gasteiger partial charge in [0.1, 0.15) is 0 Å². The van der Waals surface area contributed by atoms with E-state index in [9.17, 15) is 16.8 Å². The molecule has 1 aliphatic heterocycles. The van der Waals surface area contributed by atoms with Crippen LogP contribution in [0.2, 0.25) is 0 Å². The fraction of sp³-hybridized carbons (Fsp3) is 0.760. The summed E-state index contributed by atoms with van der Waals surface area (Å²) in [5.41, 5.74) is 1.81. The second-order valence-corrected chi connectivity index (χ2v) is 12.8. The highest BCUT2D eigenvalue weighted by Crippen LogP contribution is 2.25. The average molecular weight is 529 g/mol. The first-order valence-electron chi connectivity index (χ1n) is 13.3. The molecule has 0 unspecified atom stereocenters. The maximum atomic E-state index is 12.6. The van der Waals surface area contributed by atoms with Crippen molar-refractivity contribution < 1.29 is 16.8 Å². The number of anilines is 1. The summed E-state index contributed by atoms with van der Waals surface area (Å²) in [5, 5.41) is 0. The van der Waals surface area contributed by atoms with Gasteiger partial charge < -0.3 is 4.90 Å². The number of thiol groups is 1. The Hall–Kier alpha value is -1.20. The van der Waals surface area contributed by atoms with Gasteiger partial charge in [-0.1, -0.05) is 43.4 Å². The van der Waals surface area contributed by atoms with Gasteiger partial charge in [-0.15, -0.1) is 0 Å². The predicted octanol–water partition coefficient (Wildman–Crippen LogP) is 3.31. The van der Waals surface area contributed by atoms with E-state index in [1.54, 1.807) is 4.31 Å². The van der Waals surface area contributed by atoms with Crippen LogP contribution in [0.1, 0.15) is 69.8 Å². The van der Waals surface area contributed by atoms with Gasteiger partial charge in [0, 0.05) is 32.7 Å². The molecule has 1 aliphatic carbocycles. The Bertz CT molecular complexity index is 917. The van der Waals surface area contributed by atoms with E-state index in [4.69, 9.17) is 0 Å². The van der Waals surface area contributed by atoms with Crippen LogP contribution < -0.4 is 9.03 Å². The Morgan fingerprint density at radius 1 is 0.914 bits per heavy atom. The van der Waals surface area contributed by atoms with E-state index in [1.807, 2.05) is 31.2 Å². The Labute approximate surface area is 214 Å². The number of piperidine rings is 1. The third-order valence-corrected chi connectivity index (χ3v) is 9.64. The Morgan fingerprint density at radius 2 is 1.54 bits per heavy atom. The molecule has 0 amide bonds. The smallest absolute Gasteiger partial charge is 0.279 e. The average Bonchev–Trinajstić information content (AvgIpc) is 2.86. The molecular weight excluding hydrogens is 484 g/mol. The first kappa shape index (κ1) is 28.4. The number of rotatable bonds is 14. The quantitative estimate of drug-likeness (QED) is 0.286. The molecule has 0 atom stereocenters. The molecule has 3 rings (SSSR count). The van der Waals surface area contributed by atoms with Gasteiger partial charge in [0.2, 0.25) is 10.9 Å². The highest BCUT2D eigenvalue weighted by Gasteiger charge is 2.23. The van der Waals surface area contributed by atoms with Gasteiger partial charge in [0.05, 0.1) is 5.69 Å². The first-order valence-corrected chi connectivity index (χ1v) is 15.9. The molecule has 1 heterocycles. The molecule has 1 aromatic rings. The van der Waals surface area contributed by atoms with Crippen molar-refractivity contribution >= 4 is 26.8 Å². The number of hydrogen-bond donors (Lipinski definition) is 2. The van der Waals surface area contributed by atoms with Gasteiger partial charge in [0.15, 0.2) is 0 Å².